The predicted molar refractivity (Wildman–Crippen MR) is 93.8 cm³/mol. The molecule has 0 radical (unpaired) electrons. The highest BCUT2D eigenvalue weighted by Crippen LogP contribution is 2.27. The van der Waals surface area contributed by atoms with E-state index in [1.54, 1.807) is 23.1 Å². The molecule has 6 heteroatoms. The Balaban J connectivity index is 1.76. The Bertz CT molecular complexity index is 769. The van der Waals surface area contributed by atoms with Crippen molar-refractivity contribution in [3.05, 3.63) is 39.8 Å². The summed E-state index contributed by atoms with van der Waals surface area (Å²) < 4.78 is 5.50. The van der Waals surface area contributed by atoms with Crippen molar-refractivity contribution in [1.29, 1.82) is 0 Å². The molecule has 1 amide bonds. The van der Waals surface area contributed by atoms with Crippen molar-refractivity contribution in [1.82, 2.24) is 4.98 Å². The molecule has 0 N–H and O–H groups in total. The van der Waals surface area contributed by atoms with Gasteiger partial charge in [0, 0.05) is 24.7 Å². The molecule has 126 valence electrons. The minimum absolute atomic E-state index is 0.112. The van der Waals surface area contributed by atoms with E-state index in [0.29, 0.717) is 29.3 Å². The summed E-state index contributed by atoms with van der Waals surface area (Å²) in [6.45, 7) is 4.62. The van der Waals surface area contributed by atoms with Crippen molar-refractivity contribution in [2.24, 2.45) is 0 Å². The maximum Gasteiger partial charge on any atom is 0.355 e. The number of anilines is 1. The van der Waals surface area contributed by atoms with Gasteiger partial charge in [-0.25, -0.2) is 9.78 Å². The van der Waals surface area contributed by atoms with Gasteiger partial charge in [0.2, 0.25) is 5.91 Å². The van der Waals surface area contributed by atoms with E-state index in [-0.39, 0.29) is 5.91 Å². The number of rotatable bonds is 5. The van der Waals surface area contributed by atoms with Crippen molar-refractivity contribution < 1.29 is 14.3 Å². The molecule has 0 unspecified atom stereocenters. The number of amides is 1. The minimum Gasteiger partial charge on any atom is -0.422 e. The molecule has 2 aromatic rings. The van der Waals surface area contributed by atoms with Crippen LogP contribution in [0.2, 0.25) is 0 Å². The lowest BCUT2D eigenvalue weighted by Crippen LogP contribution is -2.23. The van der Waals surface area contributed by atoms with Crippen LogP contribution in [0.1, 0.15) is 46.6 Å². The monoisotopic (exact) mass is 344 g/mol. The standard InChI is InChI=1S/C18H20N2O3S/c1-3-6-15-19-12(2)17(24-15)18(22)23-14-8-4-7-13(11-14)20-10-5-9-16(20)21/h4,7-8,11H,3,5-6,9-10H2,1-2H3. The Morgan fingerprint density at radius 3 is 2.96 bits per heavy atom. The molecule has 5 nitrogen and oxygen atoms in total. The van der Waals surface area contributed by atoms with E-state index in [4.69, 9.17) is 4.74 Å². The second-order valence-electron chi connectivity index (χ2n) is 5.81. The smallest absolute Gasteiger partial charge is 0.355 e. The van der Waals surface area contributed by atoms with E-state index in [1.165, 1.54) is 11.3 Å². The highest BCUT2D eigenvalue weighted by atomic mass is 32.1. The molecule has 24 heavy (non-hydrogen) atoms. The number of hydrogen-bond acceptors (Lipinski definition) is 5. The van der Waals surface area contributed by atoms with Crippen LogP contribution in [-0.4, -0.2) is 23.4 Å². The van der Waals surface area contributed by atoms with Crippen LogP contribution in [0, 0.1) is 6.92 Å². The van der Waals surface area contributed by atoms with Crippen molar-refractivity contribution >= 4 is 28.9 Å². The maximum atomic E-state index is 12.4. The van der Waals surface area contributed by atoms with Crippen LogP contribution in [-0.2, 0) is 11.2 Å². The topological polar surface area (TPSA) is 59.5 Å². The van der Waals surface area contributed by atoms with Crippen molar-refractivity contribution in [3.8, 4) is 5.75 Å². The fourth-order valence-corrected chi connectivity index (χ4v) is 3.79. The lowest BCUT2D eigenvalue weighted by atomic mass is 10.2. The number of hydrogen-bond donors (Lipinski definition) is 0. The minimum atomic E-state index is -0.391. The van der Waals surface area contributed by atoms with Crippen LogP contribution >= 0.6 is 11.3 Å². The molecular formula is C18H20N2O3S. The molecule has 1 aromatic heterocycles. The third-order valence-electron chi connectivity index (χ3n) is 3.90. The molecule has 1 aliphatic heterocycles. The van der Waals surface area contributed by atoms with Crippen LogP contribution in [0.25, 0.3) is 0 Å². The highest BCUT2D eigenvalue weighted by Gasteiger charge is 2.22. The molecule has 1 aliphatic rings. The Labute approximate surface area is 145 Å². The molecule has 2 heterocycles. The zero-order chi connectivity index (χ0) is 17.1. The normalized spacial score (nSPS) is 14.2. The molecule has 3 rings (SSSR count). The molecular weight excluding hydrogens is 324 g/mol. The van der Waals surface area contributed by atoms with Crippen molar-refractivity contribution in [2.75, 3.05) is 11.4 Å². The van der Waals surface area contributed by atoms with E-state index >= 15 is 0 Å². The van der Waals surface area contributed by atoms with Gasteiger partial charge in [0.25, 0.3) is 0 Å². The SMILES string of the molecule is CCCc1nc(C)c(C(=O)Oc2cccc(N3CCCC3=O)c2)s1. The molecule has 1 aromatic carbocycles. The van der Waals surface area contributed by atoms with Gasteiger partial charge in [0.15, 0.2) is 0 Å². The molecule has 0 spiro atoms. The van der Waals surface area contributed by atoms with Crippen molar-refractivity contribution in [3.63, 3.8) is 0 Å². The van der Waals surface area contributed by atoms with Crippen LogP contribution in [0.4, 0.5) is 5.69 Å². The van der Waals surface area contributed by atoms with Gasteiger partial charge in [-0.05, 0) is 38.3 Å². The Morgan fingerprint density at radius 1 is 1.42 bits per heavy atom. The number of ether oxygens (including phenoxy) is 1. The lowest BCUT2D eigenvalue weighted by Gasteiger charge is -2.16. The fourth-order valence-electron chi connectivity index (χ4n) is 2.75. The van der Waals surface area contributed by atoms with Crippen LogP contribution in [0.3, 0.4) is 0 Å². The first-order valence-corrected chi connectivity index (χ1v) is 8.99. The second-order valence-corrected chi connectivity index (χ2v) is 6.89. The van der Waals surface area contributed by atoms with Gasteiger partial charge in [0.05, 0.1) is 10.7 Å². The third-order valence-corrected chi connectivity index (χ3v) is 5.10. The van der Waals surface area contributed by atoms with Crippen LogP contribution in [0.15, 0.2) is 24.3 Å². The molecule has 0 aliphatic carbocycles. The van der Waals surface area contributed by atoms with Crippen LogP contribution < -0.4 is 9.64 Å². The van der Waals surface area contributed by atoms with Gasteiger partial charge in [-0.3, -0.25) is 4.79 Å². The number of esters is 1. The number of benzene rings is 1. The number of carbonyl (C=O) groups is 2. The zero-order valence-electron chi connectivity index (χ0n) is 13.9. The van der Waals surface area contributed by atoms with E-state index in [2.05, 4.69) is 11.9 Å². The highest BCUT2D eigenvalue weighted by molar-refractivity contribution is 7.13. The van der Waals surface area contributed by atoms with Crippen LogP contribution in [0.5, 0.6) is 5.75 Å². The summed E-state index contributed by atoms with van der Waals surface area (Å²) in [5.41, 5.74) is 1.48. The average Bonchev–Trinajstić information content (AvgIpc) is 3.14. The summed E-state index contributed by atoms with van der Waals surface area (Å²) >= 11 is 1.39. The lowest BCUT2D eigenvalue weighted by molar-refractivity contribution is -0.117. The van der Waals surface area contributed by atoms with Gasteiger partial charge in [-0.1, -0.05) is 13.0 Å². The number of carbonyl (C=O) groups excluding carboxylic acids is 2. The maximum absolute atomic E-state index is 12.4. The number of aryl methyl sites for hydroxylation is 2. The summed E-state index contributed by atoms with van der Waals surface area (Å²) in [6.07, 6.45) is 3.30. The predicted octanol–water partition coefficient (Wildman–Crippen LogP) is 3.75. The van der Waals surface area contributed by atoms with Gasteiger partial charge in [0.1, 0.15) is 10.6 Å². The second kappa shape index (κ2) is 7.13. The number of aromatic nitrogens is 1. The number of thiazole rings is 1. The van der Waals surface area contributed by atoms with E-state index < -0.39 is 5.97 Å². The number of nitrogens with zero attached hydrogens (tertiary/aromatic N) is 2. The average molecular weight is 344 g/mol. The Hall–Kier alpha value is -2.21. The zero-order valence-corrected chi connectivity index (χ0v) is 14.7. The largest absolute Gasteiger partial charge is 0.422 e. The van der Waals surface area contributed by atoms with Gasteiger partial charge in [-0.15, -0.1) is 11.3 Å². The van der Waals surface area contributed by atoms with E-state index in [1.807, 2.05) is 13.0 Å². The van der Waals surface area contributed by atoms with Gasteiger partial charge >= 0.3 is 5.97 Å². The van der Waals surface area contributed by atoms with Gasteiger partial charge < -0.3 is 9.64 Å². The molecule has 0 atom stereocenters. The molecule has 1 saturated heterocycles. The summed E-state index contributed by atoms with van der Waals surface area (Å²) in [5, 5.41) is 0.957. The summed E-state index contributed by atoms with van der Waals surface area (Å²) in [6, 6.07) is 7.12. The third kappa shape index (κ3) is 3.48. The molecule has 1 fully saturated rings. The first-order valence-electron chi connectivity index (χ1n) is 8.17. The van der Waals surface area contributed by atoms with E-state index in [9.17, 15) is 9.59 Å². The molecule has 0 bridgehead atoms. The van der Waals surface area contributed by atoms with E-state index in [0.717, 1.165) is 30.0 Å². The Morgan fingerprint density at radius 2 is 2.25 bits per heavy atom. The quantitative estimate of drug-likeness (QED) is 0.612. The summed E-state index contributed by atoms with van der Waals surface area (Å²) in [4.78, 5) is 31.0. The fraction of sp³-hybridized carbons (Fsp3) is 0.389. The summed E-state index contributed by atoms with van der Waals surface area (Å²) in [5.74, 6) is 0.167. The first-order chi connectivity index (χ1) is 11.6. The Kier molecular flexibility index (Phi) is 4.94. The molecule has 0 saturated carbocycles. The van der Waals surface area contributed by atoms with Gasteiger partial charge in [-0.2, -0.15) is 0 Å². The van der Waals surface area contributed by atoms with Crippen molar-refractivity contribution in [2.45, 2.75) is 39.5 Å². The first kappa shape index (κ1) is 16.6. The summed E-state index contributed by atoms with van der Waals surface area (Å²) in [7, 11) is 0.